The fourth-order valence-corrected chi connectivity index (χ4v) is 1.04. The van der Waals surface area contributed by atoms with Crippen molar-refractivity contribution in [1.29, 1.82) is 0 Å². The largest absolute Gasteiger partial charge is 0.276 e. The van der Waals surface area contributed by atoms with Gasteiger partial charge in [0.2, 0.25) is 0 Å². The molecule has 0 radical (unpaired) electrons. The second-order valence-electron chi connectivity index (χ2n) is 2.16. The molecule has 1 aromatic carbocycles. The molecule has 0 fully saturated rings. The summed E-state index contributed by atoms with van der Waals surface area (Å²) in [5.74, 6) is -0.516. The molecule has 0 aromatic heterocycles. The van der Waals surface area contributed by atoms with Crippen molar-refractivity contribution in [3.63, 3.8) is 0 Å². The van der Waals surface area contributed by atoms with E-state index in [0.717, 1.165) is 6.07 Å². The van der Waals surface area contributed by atoms with Gasteiger partial charge in [-0.1, -0.05) is 12.2 Å². The number of benzene rings is 1. The monoisotopic (exact) mass is 202 g/mol. The number of halogens is 2. The highest BCUT2D eigenvalue weighted by molar-refractivity contribution is 7.79. The van der Waals surface area contributed by atoms with Crippen molar-refractivity contribution in [1.82, 2.24) is 0 Å². The van der Waals surface area contributed by atoms with Crippen molar-refractivity contribution in [2.24, 2.45) is 0 Å². The first-order valence-corrected chi connectivity index (χ1v) is 3.94. The summed E-state index contributed by atoms with van der Waals surface area (Å²) in [7, 11) is 0. The Bertz CT molecular complexity index is 338. The number of carbonyl (C=O) groups excluding carboxylic acids is 1. The topological polar surface area (TPSA) is 17.1 Å². The third-order valence-corrected chi connectivity index (χ3v) is 1.77. The van der Waals surface area contributed by atoms with Crippen LogP contribution in [0, 0.1) is 5.82 Å². The fourth-order valence-electron chi connectivity index (χ4n) is 0.794. The number of carbonyl (C=O) groups is 1. The van der Waals surface area contributed by atoms with Gasteiger partial charge in [0.15, 0.2) is 0 Å². The van der Waals surface area contributed by atoms with Gasteiger partial charge in [0.1, 0.15) is 5.82 Å². The van der Waals surface area contributed by atoms with Gasteiger partial charge in [-0.15, -0.1) is 0 Å². The van der Waals surface area contributed by atoms with E-state index in [9.17, 15) is 9.18 Å². The minimum absolute atomic E-state index is 0.118. The van der Waals surface area contributed by atoms with E-state index in [-0.39, 0.29) is 5.56 Å². The molecule has 0 bridgehead atoms. The smallest absolute Gasteiger partial charge is 0.252 e. The summed E-state index contributed by atoms with van der Waals surface area (Å²) in [6, 6.07) is 3.74. The van der Waals surface area contributed by atoms with E-state index in [4.69, 9.17) is 11.6 Å². The lowest BCUT2D eigenvalue weighted by molar-refractivity contribution is 0.108. The van der Waals surface area contributed by atoms with Crippen LogP contribution < -0.4 is 0 Å². The molecule has 1 aromatic rings. The first-order valence-electron chi connectivity index (χ1n) is 3.09. The molecule has 0 aliphatic carbocycles. The van der Waals surface area contributed by atoms with Crippen molar-refractivity contribution >= 4 is 34.4 Å². The van der Waals surface area contributed by atoms with E-state index in [1.54, 1.807) is 0 Å². The first kappa shape index (κ1) is 9.29. The average molecular weight is 203 g/mol. The van der Waals surface area contributed by atoms with Crippen molar-refractivity contribution in [3.8, 4) is 0 Å². The van der Waals surface area contributed by atoms with E-state index in [1.807, 2.05) is 0 Å². The number of hydrogen-bond donors (Lipinski definition) is 0. The molecule has 4 heteroatoms. The van der Waals surface area contributed by atoms with E-state index >= 15 is 0 Å². The molecule has 0 atom stereocenters. The van der Waals surface area contributed by atoms with Gasteiger partial charge in [0, 0.05) is 10.9 Å². The van der Waals surface area contributed by atoms with Gasteiger partial charge in [0.25, 0.3) is 5.24 Å². The van der Waals surface area contributed by atoms with E-state index < -0.39 is 11.1 Å². The standard InChI is InChI=1S/C8H4ClFOS/c9-8(11)6-1-5(4-12)2-7(10)3-6/h1-4H. The highest BCUT2D eigenvalue weighted by Gasteiger charge is 2.04. The number of thiocarbonyl (C=S) groups is 1. The summed E-state index contributed by atoms with van der Waals surface area (Å²) in [4.78, 5) is 10.6. The Morgan fingerprint density at radius 3 is 2.67 bits per heavy atom. The van der Waals surface area contributed by atoms with Crippen molar-refractivity contribution in [3.05, 3.63) is 35.1 Å². The maximum atomic E-state index is 12.7. The van der Waals surface area contributed by atoms with Gasteiger partial charge in [-0.05, 0) is 35.4 Å². The van der Waals surface area contributed by atoms with E-state index in [1.165, 1.54) is 17.5 Å². The van der Waals surface area contributed by atoms with Crippen LogP contribution >= 0.6 is 23.8 Å². The lowest BCUT2D eigenvalue weighted by Gasteiger charge is -1.96. The van der Waals surface area contributed by atoms with Crippen LogP contribution in [0.4, 0.5) is 4.39 Å². The second-order valence-corrected chi connectivity index (χ2v) is 2.74. The molecule has 62 valence electrons. The Balaban J connectivity index is 3.23. The Morgan fingerprint density at radius 2 is 2.17 bits per heavy atom. The first-order chi connectivity index (χ1) is 5.63. The van der Waals surface area contributed by atoms with E-state index in [2.05, 4.69) is 12.2 Å². The highest BCUT2D eigenvalue weighted by Crippen LogP contribution is 2.10. The lowest BCUT2D eigenvalue weighted by atomic mass is 10.1. The van der Waals surface area contributed by atoms with Crippen molar-refractivity contribution < 1.29 is 9.18 Å². The minimum atomic E-state index is -0.687. The Labute approximate surface area is 79.2 Å². The zero-order chi connectivity index (χ0) is 9.14. The van der Waals surface area contributed by atoms with Gasteiger partial charge in [-0.25, -0.2) is 4.39 Å². The van der Waals surface area contributed by atoms with Gasteiger partial charge in [-0.2, -0.15) is 0 Å². The van der Waals surface area contributed by atoms with Crippen LogP contribution in [0.1, 0.15) is 15.9 Å². The maximum absolute atomic E-state index is 12.7. The van der Waals surface area contributed by atoms with Crippen LogP contribution in [0.25, 0.3) is 0 Å². The molecule has 0 heterocycles. The highest BCUT2D eigenvalue weighted by atomic mass is 35.5. The summed E-state index contributed by atoms with van der Waals surface area (Å²) in [6.45, 7) is 0. The van der Waals surface area contributed by atoms with Gasteiger partial charge in [0.05, 0.1) is 0 Å². The van der Waals surface area contributed by atoms with Gasteiger partial charge < -0.3 is 0 Å². The molecule has 0 spiro atoms. The lowest BCUT2D eigenvalue weighted by Crippen LogP contribution is -1.92. The van der Waals surface area contributed by atoms with Crippen LogP contribution in [-0.4, -0.2) is 10.6 Å². The van der Waals surface area contributed by atoms with Gasteiger partial charge >= 0.3 is 0 Å². The average Bonchev–Trinajstić information content (AvgIpc) is 2.03. The predicted octanol–water partition coefficient (Wildman–Crippen LogP) is 2.55. The molecule has 0 saturated carbocycles. The Kier molecular flexibility index (Phi) is 2.89. The predicted molar refractivity (Wildman–Crippen MR) is 49.3 cm³/mol. The summed E-state index contributed by atoms with van der Waals surface area (Å²) < 4.78 is 12.7. The number of hydrogen-bond acceptors (Lipinski definition) is 2. The molecular formula is C8H4ClFOS. The summed E-state index contributed by atoms with van der Waals surface area (Å²) >= 11 is 9.73. The third kappa shape index (κ3) is 2.09. The molecule has 0 N–H and O–H groups in total. The Hall–Kier alpha value is -0.800. The molecule has 0 saturated heterocycles. The van der Waals surface area contributed by atoms with Crippen LogP contribution in [0.5, 0.6) is 0 Å². The van der Waals surface area contributed by atoms with Gasteiger partial charge in [-0.3, -0.25) is 4.79 Å². The maximum Gasteiger partial charge on any atom is 0.252 e. The normalized spacial score (nSPS) is 9.50. The molecule has 0 amide bonds. The number of rotatable bonds is 2. The zero-order valence-corrected chi connectivity index (χ0v) is 7.45. The summed E-state index contributed by atoms with van der Waals surface area (Å²) in [5, 5.41) is 0.597. The summed E-state index contributed by atoms with van der Waals surface area (Å²) in [6.07, 6.45) is 0. The molecule has 12 heavy (non-hydrogen) atoms. The van der Waals surface area contributed by atoms with Crippen molar-refractivity contribution in [2.75, 3.05) is 0 Å². The Morgan fingerprint density at radius 1 is 1.50 bits per heavy atom. The molecular weight excluding hydrogens is 199 g/mol. The molecule has 1 nitrogen and oxygen atoms in total. The zero-order valence-electron chi connectivity index (χ0n) is 5.88. The van der Waals surface area contributed by atoms with Crippen LogP contribution in [0.3, 0.4) is 0 Å². The molecule has 1 rings (SSSR count). The second kappa shape index (κ2) is 3.74. The minimum Gasteiger partial charge on any atom is -0.276 e. The van der Waals surface area contributed by atoms with Crippen LogP contribution in [-0.2, 0) is 0 Å². The quantitative estimate of drug-likeness (QED) is 0.542. The SMILES string of the molecule is O=C(Cl)c1cc(F)cc(C=S)c1. The van der Waals surface area contributed by atoms with E-state index in [0.29, 0.717) is 5.56 Å². The molecule has 0 unspecified atom stereocenters. The molecule has 0 aliphatic rings. The summed E-state index contributed by atoms with van der Waals surface area (Å²) in [5.41, 5.74) is 0.585. The van der Waals surface area contributed by atoms with Crippen LogP contribution in [0.2, 0.25) is 0 Å². The van der Waals surface area contributed by atoms with Crippen LogP contribution in [0.15, 0.2) is 18.2 Å². The molecule has 0 aliphatic heterocycles. The fraction of sp³-hybridized carbons (Fsp3) is 0. The third-order valence-electron chi connectivity index (χ3n) is 1.28. The van der Waals surface area contributed by atoms with Crippen molar-refractivity contribution in [2.45, 2.75) is 0 Å².